The standard InChI is InChI=1S/C10H10O6S2/c1-18(15,17)16-5-6-2-7(9(11)12)4-8(3-6)10(13)14/h2-4H,5H2,1H3,(H,11,12)(H,13,14). The van der Waals surface area contributed by atoms with E-state index >= 15 is 0 Å². The molecule has 1 rings (SSSR count). The van der Waals surface area contributed by atoms with E-state index in [0.29, 0.717) is 0 Å². The molecular weight excluding hydrogens is 280 g/mol. The first kappa shape index (κ1) is 14.6. The summed E-state index contributed by atoms with van der Waals surface area (Å²) in [4.78, 5) is 21.6. The molecule has 0 aliphatic carbocycles. The predicted molar refractivity (Wildman–Crippen MR) is 66.6 cm³/mol. The van der Waals surface area contributed by atoms with E-state index in [2.05, 4.69) is 11.2 Å². The summed E-state index contributed by atoms with van der Waals surface area (Å²) in [5.74, 6) is -2.51. The van der Waals surface area contributed by atoms with Crippen molar-refractivity contribution in [2.24, 2.45) is 0 Å². The summed E-state index contributed by atoms with van der Waals surface area (Å²) in [6, 6.07) is 3.52. The highest BCUT2D eigenvalue weighted by Gasteiger charge is 2.12. The molecule has 18 heavy (non-hydrogen) atoms. The molecule has 0 spiro atoms. The molecule has 2 N–H and O–H groups in total. The Bertz CT molecular complexity index is 558. The Morgan fingerprint density at radius 3 is 2.00 bits per heavy atom. The molecular formula is C10H10O6S2. The molecule has 1 aromatic carbocycles. The number of carbonyl (C=O) groups is 2. The van der Waals surface area contributed by atoms with Gasteiger partial charge < -0.3 is 10.2 Å². The SMILES string of the molecule is CS(=O)(=S)OCc1cc(C(=O)O)cc(C(=O)O)c1. The van der Waals surface area contributed by atoms with Crippen LogP contribution in [0.15, 0.2) is 18.2 Å². The van der Waals surface area contributed by atoms with Gasteiger partial charge in [-0.25, -0.2) is 13.8 Å². The molecule has 0 heterocycles. The van der Waals surface area contributed by atoms with Gasteiger partial charge in [0, 0.05) is 17.4 Å². The van der Waals surface area contributed by atoms with E-state index in [1.54, 1.807) is 0 Å². The quantitative estimate of drug-likeness (QED) is 0.830. The van der Waals surface area contributed by atoms with Gasteiger partial charge in [0.25, 0.3) is 0 Å². The van der Waals surface area contributed by atoms with Crippen LogP contribution < -0.4 is 0 Å². The van der Waals surface area contributed by atoms with Gasteiger partial charge in [-0.2, -0.15) is 0 Å². The largest absolute Gasteiger partial charge is 0.478 e. The zero-order valence-electron chi connectivity index (χ0n) is 9.28. The smallest absolute Gasteiger partial charge is 0.335 e. The Balaban J connectivity index is 3.11. The predicted octanol–water partition coefficient (Wildman–Crippen LogP) is 0.891. The van der Waals surface area contributed by atoms with Crippen molar-refractivity contribution in [2.75, 3.05) is 6.26 Å². The van der Waals surface area contributed by atoms with E-state index in [1.807, 2.05) is 0 Å². The van der Waals surface area contributed by atoms with Gasteiger partial charge in [-0.15, -0.1) is 0 Å². The van der Waals surface area contributed by atoms with Gasteiger partial charge in [0.15, 0.2) is 0 Å². The lowest BCUT2D eigenvalue weighted by Gasteiger charge is -2.06. The summed E-state index contributed by atoms with van der Waals surface area (Å²) in [5.41, 5.74) is -0.0762. The highest BCUT2D eigenvalue weighted by Crippen LogP contribution is 2.13. The maximum Gasteiger partial charge on any atom is 0.335 e. The fourth-order valence-electron chi connectivity index (χ4n) is 1.20. The highest BCUT2D eigenvalue weighted by atomic mass is 32.8. The first-order valence-electron chi connectivity index (χ1n) is 4.64. The fraction of sp³-hybridized carbons (Fsp3) is 0.200. The van der Waals surface area contributed by atoms with Crippen LogP contribution in [0.2, 0.25) is 0 Å². The molecule has 1 aromatic rings. The van der Waals surface area contributed by atoms with Gasteiger partial charge in [-0.05, 0) is 23.8 Å². The molecule has 0 bridgehead atoms. The van der Waals surface area contributed by atoms with Crippen molar-refractivity contribution in [1.82, 2.24) is 0 Å². The first-order chi connectivity index (χ1) is 8.19. The molecule has 1 unspecified atom stereocenters. The molecule has 0 fully saturated rings. The van der Waals surface area contributed by atoms with E-state index in [-0.39, 0.29) is 23.3 Å². The van der Waals surface area contributed by atoms with E-state index < -0.39 is 20.7 Å². The van der Waals surface area contributed by atoms with Gasteiger partial charge in [0.05, 0.1) is 17.7 Å². The fourth-order valence-corrected chi connectivity index (χ4v) is 1.69. The van der Waals surface area contributed by atoms with Crippen molar-refractivity contribution in [3.05, 3.63) is 34.9 Å². The van der Waals surface area contributed by atoms with E-state index in [4.69, 9.17) is 14.4 Å². The normalized spacial score (nSPS) is 13.8. The minimum Gasteiger partial charge on any atom is -0.478 e. The Labute approximate surface area is 108 Å². The third kappa shape index (κ3) is 4.40. The van der Waals surface area contributed by atoms with Crippen LogP contribution in [0.25, 0.3) is 0 Å². The van der Waals surface area contributed by atoms with Crippen molar-refractivity contribution < 1.29 is 28.2 Å². The van der Waals surface area contributed by atoms with Gasteiger partial charge >= 0.3 is 11.9 Å². The Morgan fingerprint density at radius 1 is 1.22 bits per heavy atom. The second-order valence-corrected chi connectivity index (χ2v) is 6.96. The number of carboxylic acid groups (broad SMARTS) is 2. The molecule has 6 nitrogen and oxygen atoms in total. The summed E-state index contributed by atoms with van der Waals surface area (Å²) in [6.07, 6.45) is 1.21. The molecule has 0 amide bonds. The average molecular weight is 290 g/mol. The third-order valence-electron chi connectivity index (χ3n) is 1.93. The van der Waals surface area contributed by atoms with Gasteiger partial charge in [-0.1, -0.05) is 0 Å². The highest BCUT2D eigenvalue weighted by molar-refractivity contribution is 8.29. The zero-order valence-corrected chi connectivity index (χ0v) is 10.9. The summed E-state index contributed by atoms with van der Waals surface area (Å²) in [5, 5.41) is 17.7. The topological polar surface area (TPSA) is 101 Å². The average Bonchev–Trinajstić information content (AvgIpc) is 2.25. The number of rotatable bonds is 5. The Hall–Kier alpha value is -1.51. The van der Waals surface area contributed by atoms with E-state index in [1.165, 1.54) is 18.4 Å². The van der Waals surface area contributed by atoms with E-state index in [9.17, 15) is 13.8 Å². The Morgan fingerprint density at radius 2 is 1.67 bits per heavy atom. The summed E-state index contributed by atoms with van der Waals surface area (Å²) >= 11 is 4.53. The Kier molecular flexibility index (Phi) is 4.38. The maximum atomic E-state index is 11.2. The third-order valence-corrected chi connectivity index (χ3v) is 2.76. The van der Waals surface area contributed by atoms with Crippen LogP contribution in [0.5, 0.6) is 0 Å². The molecule has 0 saturated carbocycles. The van der Waals surface area contributed by atoms with Crippen molar-refractivity contribution in [3.8, 4) is 0 Å². The van der Waals surface area contributed by atoms with Crippen molar-refractivity contribution >= 4 is 31.9 Å². The molecule has 0 aliphatic rings. The van der Waals surface area contributed by atoms with Gasteiger partial charge in [-0.3, -0.25) is 4.18 Å². The van der Waals surface area contributed by atoms with Crippen LogP contribution >= 0.6 is 0 Å². The van der Waals surface area contributed by atoms with Crippen LogP contribution in [-0.2, 0) is 30.8 Å². The number of benzene rings is 1. The van der Waals surface area contributed by atoms with E-state index in [0.717, 1.165) is 6.07 Å². The van der Waals surface area contributed by atoms with Crippen molar-refractivity contribution in [1.29, 1.82) is 0 Å². The molecule has 0 radical (unpaired) electrons. The van der Waals surface area contributed by atoms with Crippen LogP contribution in [-0.4, -0.2) is 32.6 Å². The summed E-state index contributed by atoms with van der Waals surface area (Å²) in [6.45, 7) is -0.208. The van der Waals surface area contributed by atoms with Crippen molar-refractivity contribution in [2.45, 2.75) is 6.61 Å². The molecule has 1 atom stereocenters. The van der Waals surface area contributed by atoms with Crippen LogP contribution in [0.3, 0.4) is 0 Å². The lowest BCUT2D eigenvalue weighted by Crippen LogP contribution is -2.06. The zero-order chi connectivity index (χ0) is 13.9. The van der Waals surface area contributed by atoms with Crippen LogP contribution in [0.4, 0.5) is 0 Å². The number of hydrogen-bond acceptors (Lipinski definition) is 5. The number of carboxylic acids is 2. The lowest BCUT2D eigenvalue weighted by atomic mass is 10.1. The van der Waals surface area contributed by atoms with Gasteiger partial charge in [0.2, 0.25) is 0 Å². The minimum atomic E-state index is -2.85. The molecule has 0 aliphatic heterocycles. The van der Waals surface area contributed by atoms with Crippen LogP contribution in [0, 0.1) is 0 Å². The molecule has 8 heteroatoms. The second-order valence-electron chi connectivity index (χ2n) is 3.50. The molecule has 0 aromatic heterocycles. The van der Waals surface area contributed by atoms with Gasteiger partial charge in [0.1, 0.15) is 8.77 Å². The molecule has 0 saturated heterocycles. The number of aromatic carboxylic acids is 2. The first-order valence-corrected chi connectivity index (χ1v) is 7.45. The maximum absolute atomic E-state index is 11.2. The van der Waals surface area contributed by atoms with Crippen LogP contribution in [0.1, 0.15) is 26.3 Å². The second kappa shape index (κ2) is 5.42. The van der Waals surface area contributed by atoms with Crippen molar-refractivity contribution in [3.63, 3.8) is 0 Å². The molecule has 98 valence electrons. The summed E-state index contributed by atoms with van der Waals surface area (Å²) < 4.78 is 16.0. The monoisotopic (exact) mass is 290 g/mol. The lowest BCUT2D eigenvalue weighted by molar-refractivity contribution is 0.0696. The summed E-state index contributed by atoms with van der Waals surface area (Å²) in [7, 11) is -2.85. The number of hydrogen-bond donors (Lipinski definition) is 2. The minimum absolute atomic E-state index is 0.180.